The van der Waals surface area contributed by atoms with Crippen molar-refractivity contribution in [2.45, 2.75) is 96.8 Å². The van der Waals surface area contributed by atoms with E-state index in [1.54, 1.807) is 0 Å². The Labute approximate surface area is 129 Å². The number of amides is 1. The van der Waals surface area contributed by atoms with Crippen molar-refractivity contribution < 1.29 is 4.79 Å². The Morgan fingerprint density at radius 2 is 1.86 bits per heavy atom. The van der Waals surface area contributed by atoms with E-state index in [9.17, 15) is 4.79 Å². The van der Waals surface area contributed by atoms with Gasteiger partial charge in [-0.2, -0.15) is 0 Å². The largest absolute Gasteiger partial charge is 0.322 e. The van der Waals surface area contributed by atoms with Gasteiger partial charge < -0.3 is 4.90 Å². The van der Waals surface area contributed by atoms with E-state index in [4.69, 9.17) is 0 Å². The topological polar surface area (TPSA) is 32.3 Å². The molecule has 3 nitrogen and oxygen atoms in total. The minimum Gasteiger partial charge on any atom is -0.322 e. The molecule has 0 aromatic heterocycles. The van der Waals surface area contributed by atoms with E-state index in [-0.39, 0.29) is 17.1 Å². The monoisotopic (exact) mass is 292 g/mol. The summed E-state index contributed by atoms with van der Waals surface area (Å²) >= 11 is 0. The fourth-order valence-corrected chi connectivity index (χ4v) is 4.98. The number of rotatable bonds is 3. The lowest BCUT2D eigenvalue weighted by Gasteiger charge is -2.39. The molecule has 1 amide bonds. The third-order valence-electron chi connectivity index (χ3n) is 6.11. The minimum absolute atomic E-state index is 0.210. The van der Waals surface area contributed by atoms with Crippen molar-refractivity contribution in [2.24, 2.45) is 11.3 Å². The van der Waals surface area contributed by atoms with Crippen molar-refractivity contribution in [1.82, 2.24) is 10.2 Å². The van der Waals surface area contributed by atoms with Gasteiger partial charge in [-0.05, 0) is 43.4 Å². The maximum atomic E-state index is 13.3. The van der Waals surface area contributed by atoms with E-state index >= 15 is 0 Å². The summed E-state index contributed by atoms with van der Waals surface area (Å²) in [4.78, 5) is 15.5. The van der Waals surface area contributed by atoms with Gasteiger partial charge in [0.1, 0.15) is 0 Å². The SMILES string of the molecule is CC(C)CC1NC2(CCCC2)C(=O)N1C1CCCC1(C)C. The molecule has 1 aliphatic heterocycles. The Morgan fingerprint density at radius 1 is 1.19 bits per heavy atom. The van der Waals surface area contributed by atoms with Gasteiger partial charge in [0.2, 0.25) is 5.91 Å². The molecule has 1 spiro atoms. The van der Waals surface area contributed by atoms with Crippen LogP contribution >= 0.6 is 0 Å². The molecule has 2 unspecified atom stereocenters. The normalized spacial score (nSPS) is 34.5. The van der Waals surface area contributed by atoms with E-state index in [0.717, 1.165) is 19.3 Å². The van der Waals surface area contributed by atoms with Gasteiger partial charge in [0.25, 0.3) is 0 Å². The first-order valence-corrected chi connectivity index (χ1v) is 8.96. The minimum atomic E-state index is -0.210. The Balaban J connectivity index is 1.89. The molecule has 1 saturated heterocycles. The van der Waals surface area contributed by atoms with E-state index in [2.05, 4.69) is 37.9 Å². The summed E-state index contributed by atoms with van der Waals surface area (Å²) in [6, 6.07) is 0.432. The average Bonchev–Trinajstić information content (AvgIpc) is 3.03. The van der Waals surface area contributed by atoms with Crippen LogP contribution in [0.25, 0.3) is 0 Å². The molecule has 1 heterocycles. The van der Waals surface area contributed by atoms with Crippen molar-refractivity contribution in [3.63, 3.8) is 0 Å². The quantitative estimate of drug-likeness (QED) is 0.860. The summed E-state index contributed by atoms with van der Waals surface area (Å²) in [6.45, 7) is 9.24. The zero-order chi connectivity index (χ0) is 15.3. The number of hydrogen-bond acceptors (Lipinski definition) is 2. The van der Waals surface area contributed by atoms with Gasteiger partial charge in [-0.25, -0.2) is 0 Å². The van der Waals surface area contributed by atoms with Crippen molar-refractivity contribution >= 4 is 5.91 Å². The average molecular weight is 292 g/mol. The van der Waals surface area contributed by atoms with Crippen LogP contribution in [0.2, 0.25) is 0 Å². The Bertz CT molecular complexity index is 409. The highest BCUT2D eigenvalue weighted by atomic mass is 16.2. The molecule has 0 aromatic carbocycles. The highest BCUT2D eigenvalue weighted by Crippen LogP contribution is 2.46. The lowest BCUT2D eigenvalue weighted by Crippen LogP contribution is -2.49. The number of carbonyl (C=O) groups is 1. The van der Waals surface area contributed by atoms with Crippen molar-refractivity contribution in [2.75, 3.05) is 0 Å². The number of nitrogens with zero attached hydrogens (tertiary/aromatic N) is 1. The highest BCUT2D eigenvalue weighted by Gasteiger charge is 2.56. The van der Waals surface area contributed by atoms with E-state index in [0.29, 0.717) is 17.9 Å². The molecule has 2 atom stereocenters. The molecule has 3 rings (SSSR count). The second-order valence-corrected chi connectivity index (χ2v) is 8.69. The summed E-state index contributed by atoms with van der Waals surface area (Å²) in [5.41, 5.74) is 0.0644. The highest BCUT2D eigenvalue weighted by molar-refractivity contribution is 5.89. The molecule has 3 heteroatoms. The molecule has 3 aliphatic rings. The van der Waals surface area contributed by atoms with Crippen LogP contribution in [0.5, 0.6) is 0 Å². The van der Waals surface area contributed by atoms with Gasteiger partial charge in [-0.3, -0.25) is 10.1 Å². The molecule has 2 aliphatic carbocycles. The van der Waals surface area contributed by atoms with Crippen molar-refractivity contribution in [3.05, 3.63) is 0 Å². The lowest BCUT2D eigenvalue weighted by atomic mass is 9.85. The predicted octanol–water partition coefficient (Wildman–Crippen LogP) is 3.68. The summed E-state index contributed by atoms with van der Waals surface area (Å²) in [7, 11) is 0. The standard InChI is InChI=1S/C18H32N2O/c1-13(2)12-15-19-18(10-5-6-11-18)16(21)20(15)14-8-7-9-17(14,3)4/h13-15,19H,5-12H2,1-4H3. The zero-order valence-corrected chi connectivity index (χ0v) is 14.2. The Hall–Kier alpha value is -0.570. The predicted molar refractivity (Wildman–Crippen MR) is 85.8 cm³/mol. The van der Waals surface area contributed by atoms with Crippen molar-refractivity contribution in [3.8, 4) is 0 Å². The first-order valence-electron chi connectivity index (χ1n) is 8.96. The van der Waals surface area contributed by atoms with Crippen LogP contribution in [0.15, 0.2) is 0 Å². The summed E-state index contributed by atoms with van der Waals surface area (Å²) in [5.74, 6) is 1.05. The summed E-state index contributed by atoms with van der Waals surface area (Å²) < 4.78 is 0. The maximum absolute atomic E-state index is 13.3. The van der Waals surface area contributed by atoms with Crippen LogP contribution in [0, 0.1) is 11.3 Å². The molecular formula is C18H32N2O. The third kappa shape index (κ3) is 2.52. The molecule has 2 saturated carbocycles. The maximum Gasteiger partial charge on any atom is 0.244 e. The Morgan fingerprint density at radius 3 is 2.38 bits per heavy atom. The third-order valence-corrected chi connectivity index (χ3v) is 6.11. The molecule has 0 radical (unpaired) electrons. The molecule has 0 bridgehead atoms. The van der Waals surface area contributed by atoms with Crippen LogP contribution in [0.1, 0.15) is 79.1 Å². The first-order chi connectivity index (χ1) is 9.86. The van der Waals surface area contributed by atoms with Crippen molar-refractivity contribution in [1.29, 1.82) is 0 Å². The lowest BCUT2D eigenvalue weighted by molar-refractivity contribution is -0.137. The fraction of sp³-hybridized carbons (Fsp3) is 0.944. The fourth-order valence-electron chi connectivity index (χ4n) is 4.98. The second-order valence-electron chi connectivity index (χ2n) is 8.69. The first kappa shape index (κ1) is 15.3. The van der Waals surface area contributed by atoms with Gasteiger partial charge in [0.05, 0.1) is 11.7 Å². The van der Waals surface area contributed by atoms with Crippen LogP contribution in [0.3, 0.4) is 0 Å². The van der Waals surface area contributed by atoms with Gasteiger partial charge in [-0.15, -0.1) is 0 Å². The van der Waals surface area contributed by atoms with Gasteiger partial charge in [0, 0.05) is 6.04 Å². The molecule has 21 heavy (non-hydrogen) atoms. The number of nitrogens with one attached hydrogen (secondary N) is 1. The number of carbonyl (C=O) groups excluding carboxylic acids is 1. The molecule has 3 fully saturated rings. The van der Waals surface area contributed by atoms with E-state index in [1.807, 2.05) is 0 Å². The van der Waals surface area contributed by atoms with Gasteiger partial charge >= 0.3 is 0 Å². The summed E-state index contributed by atoms with van der Waals surface area (Å²) in [6.07, 6.45) is 9.55. The summed E-state index contributed by atoms with van der Waals surface area (Å²) in [5, 5.41) is 3.79. The zero-order valence-electron chi connectivity index (χ0n) is 14.2. The van der Waals surface area contributed by atoms with Crippen LogP contribution in [0.4, 0.5) is 0 Å². The van der Waals surface area contributed by atoms with Crippen LogP contribution in [-0.4, -0.2) is 28.6 Å². The Kier molecular flexibility index (Phi) is 3.84. The van der Waals surface area contributed by atoms with Crippen LogP contribution < -0.4 is 5.32 Å². The molecule has 120 valence electrons. The van der Waals surface area contributed by atoms with Gasteiger partial charge in [-0.1, -0.05) is 47.0 Å². The molecular weight excluding hydrogens is 260 g/mol. The van der Waals surface area contributed by atoms with E-state index in [1.165, 1.54) is 32.1 Å². The molecule has 1 N–H and O–H groups in total. The van der Waals surface area contributed by atoms with Gasteiger partial charge in [0.15, 0.2) is 0 Å². The molecule has 0 aromatic rings. The second kappa shape index (κ2) is 5.26. The number of hydrogen-bond donors (Lipinski definition) is 1. The van der Waals surface area contributed by atoms with Crippen LogP contribution in [-0.2, 0) is 4.79 Å². The van der Waals surface area contributed by atoms with E-state index < -0.39 is 0 Å². The smallest absolute Gasteiger partial charge is 0.244 e.